The third-order valence-electron chi connectivity index (χ3n) is 6.06. The zero-order valence-electron chi connectivity index (χ0n) is 16.9. The van der Waals surface area contributed by atoms with Gasteiger partial charge in [-0.2, -0.15) is 9.97 Å². The van der Waals surface area contributed by atoms with E-state index < -0.39 is 0 Å². The molecule has 2 saturated carbocycles. The minimum atomic E-state index is 0.336. The summed E-state index contributed by atoms with van der Waals surface area (Å²) < 4.78 is 7.41. The van der Waals surface area contributed by atoms with Crippen LogP contribution in [0, 0.1) is 0 Å². The van der Waals surface area contributed by atoms with Crippen LogP contribution in [0.1, 0.15) is 63.8 Å². The Morgan fingerprint density at radius 1 is 1.14 bits per heavy atom. The van der Waals surface area contributed by atoms with Crippen LogP contribution in [-0.2, 0) is 4.74 Å². The Labute approximate surface area is 166 Å². The summed E-state index contributed by atoms with van der Waals surface area (Å²) in [4.78, 5) is 14.3. The summed E-state index contributed by atoms with van der Waals surface area (Å²) >= 11 is 0. The largest absolute Gasteiger partial charge is 0.385 e. The number of nitrogens with two attached hydrogens (primary N) is 1. The molecule has 2 aliphatic carbocycles. The monoisotopic (exact) mass is 387 g/mol. The van der Waals surface area contributed by atoms with E-state index in [0.29, 0.717) is 24.1 Å². The van der Waals surface area contributed by atoms with Gasteiger partial charge in [0.05, 0.1) is 6.33 Å². The average Bonchev–Trinajstić information content (AvgIpc) is 3.36. The third-order valence-corrected chi connectivity index (χ3v) is 6.06. The number of rotatable bonds is 8. The molecule has 0 radical (unpaired) electrons. The van der Waals surface area contributed by atoms with Crippen molar-refractivity contribution < 1.29 is 4.74 Å². The second-order valence-electron chi connectivity index (χ2n) is 8.19. The van der Waals surface area contributed by atoms with E-state index in [2.05, 4.69) is 20.2 Å². The first-order chi connectivity index (χ1) is 13.7. The van der Waals surface area contributed by atoms with Crippen molar-refractivity contribution in [3.63, 3.8) is 0 Å². The van der Waals surface area contributed by atoms with Crippen LogP contribution in [0.15, 0.2) is 6.33 Å². The maximum absolute atomic E-state index is 6.05. The van der Waals surface area contributed by atoms with E-state index in [4.69, 9.17) is 20.4 Å². The Morgan fingerprint density at radius 2 is 1.93 bits per heavy atom. The Hall–Kier alpha value is -1.93. The summed E-state index contributed by atoms with van der Waals surface area (Å²) in [5.41, 5.74) is 7.85. The van der Waals surface area contributed by atoms with Gasteiger partial charge in [0.15, 0.2) is 17.0 Å². The number of ether oxygens (including phenoxy) is 1. The van der Waals surface area contributed by atoms with Gasteiger partial charge in [-0.3, -0.25) is 0 Å². The molecule has 0 spiro atoms. The SMILES string of the molecule is COCCCNc1nc(NC2CCC(N)CC2)nc2c1ncn2C1CCCC1. The number of anilines is 2. The van der Waals surface area contributed by atoms with Gasteiger partial charge in [0.2, 0.25) is 5.95 Å². The number of imidazole rings is 1. The van der Waals surface area contributed by atoms with Crippen molar-refractivity contribution in [1.29, 1.82) is 0 Å². The lowest BCUT2D eigenvalue weighted by Crippen LogP contribution is -2.33. The van der Waals surface area contributed by atoms with Gasteiger partial charge in [0, 0.05) is 38.4 Å². The minimum absolute atomic E-state index is 0.336. The quantitative estimate of drug-likeness (QED) is 0.598. The smallest absolute Gasteiger partial charge is 0.227 e. The zero-order valence-corrected chi connectivity index (χ0v) is 16.9. The molecular formula is C20H33N7O. The molecule has 2 aliphatic rings. The summed E-state index contributed by atoms with van der Waals surface area (Å²) in [6.45, 7) is 1.53. The van der Waals surface area contributed by atoms with Gasteiger partial charge in [-0.25, -0.2) is 4.98 Å². The number of nitrogens with zero attached hydrogens (tertiary/aromatic N) is 4. The predicted molar refractivity (Wildman–Crippen MR) is 112 cm³/mol. The Morgan fingerprint density at radius 3 is 2.68 bits per heavy atom. The molecule has 0 bridgehead atoms. The van der Waals surface area contributed by atoms with Gasteiger partial charge in [-0.1, -0.05) is 12.8 Å². The molecule has 8 nitrogen and oxygen atoms in total. The summed E-state index contributed by atoms with van der Waals surface area (Å²) in [5.74, 6) is 1.51. The zero-order chi connectivity index (χ0) is 19.3. The van der Waals surface area contributed by atoms with Crippen LogP contribution >= 0.6 is 0 Å². The van der Waals surface area contributed by atoms with Gasteiger partial charge < -0.3 is 25.7 Å². The number of nitrogens with one attached hydrogen (secondary N) is 2. The second-order valence-corrected chi connectivity index (χ2v) is 8.19. The summed E-state index contributed by atoms with van der Waals surface area (Å²) in [5, 5.41) is 7.00. The third kappa shape index (κ3) is 4.38. The van der Waals surface area contributed by atoms with E-state index >= 15 is 0 Å². The van der Waals surface area contributed by atoms with Crippen molar-refractivity contribution in [2.24, 2.45) is 5.73 Å². The summed E-state index contributed by atoms with van der Waals surface area (Å²) in [7, 11) is 1.73. The molecule has 0 aromatic carbocycles. The van der Waals surface area contributed by atoms with Crippen LogP contribution in [0.25, 0.3) is 11.2 Å². The standard InChI is InChI=1S/C20H33N7O/c1-28-12-4-11-22-18-17-19(27(13-23-17)16-5-2-3-6-16)26-20(25-18)24-15-9-7-14(21)8-10-15/h13-16H,2-12,21H2,1H3,(H2,22,24,25,26). The lowest BCUT2D eigenvalue weighted by Gasteiger charge is -2.27. The van der Waals surface area contributed by atoms with Gasteiger partial charge in [0.25, 0.3) is 0 Å². The van der Waals surface area contributed by atoms with Crippen LogP contribution in [-0.4, -0.2) is 51.9 Å². The fourth-order valence-electron chi connectivity index (χ4n) is 4.42. The van der Waals surface area contributed by atoms with E-state index in [0.717, 1.165) is 62.2 Å². The number of hydrogen-bond acceptors (Lipinski definition) is 7. The highest BCUT2D eigenvalue weighted by atomic mass is 16.5. The topological polar surface area (TPSA) is 103 Å². The molecule has 0 aliphatic heterocycles. The number of hydrogen-bond donors (Lipinski definition) is 3. The number of methoxy groups -OCH3 is 1. The normalized spacial score (nSPS) is 23.4. The molecule has 4 N–H and O–H groups in total. The molecule has 0 unspecified atom stereocenters. The molecule has 28 heavy (non-hydrogen) atoms. The van der Waals surface area contributed by atoms with Crippen LogP contribution in [0.3, 0.4) is 0 Å². The molecule has 2 aromatic heterocycles. The van der Waals surface area contributed by atoms with Crippen LogP contribution < -0.4 is 16.4 Å². The van der Waals surface area contributed by atoms with Crippen LogP contribution in [0.4, 0.5) is 11.8 Å². The highest BCUT2D eigenvalue weighted by Crippen LogP contribution is 2.33. The Bertz CT molecular complexity index is 763. The van der Waals surface area contributed by atoms with E-state index in [9.17, 15) is 0 Å². The first-order valence-electron chi connectivity index (χ1n) is 10.7. The predicted octanol–water partition coefficient (Wildman–Crippen LogP) is 3.07. The van der Waals surface area contributed by atoms with Crippen molar-refractivity contribution in [3.8, 4) is 0 Å². The Kier molecular flexibility index (Phi) is 6.26. The van der Waals surface area contributed by atoms with Crippen molar-refractivity contribution in [1.82, 2.24) is 19.5 Å². The Balaban J connectivity index is 1.59. The number of aromatic nitrogens is 4. The molecule has 2 heterocycles. The molecule has 0 amide bonds. The van der Waals surface area contributed by atoms with E-state index in [1.807, 2.05) is 6.33 Å². The van der Waals surface area contributed by atoms with Gasteiger partial charge in [-0.15, -0.1) is 0 Å². The molecular weight excluding hydrogens is 354 g/mol. The lowest BCUT2D eigenvalue weighted by molar-refractivity contribution is 0.198. The molecule has 154 valence electrons. The van der Waals surface area contributed by atoms with Gasteiger partial charge >= 0.3 is 0 Å². The van der Waals surface area contributed by atoms with Gasteiger partial charge in [0.1, 0.15) is 0 Å². The maximum atomic E-state index is 6.05. The van der Waals surface area contributed by atoms with Crippen molar-refractivity contribution in [2.75, 3.05) is 30.9 Å². The summed E-state index contributed by atoms with van der Waals surface area (Å²) in [6.07, 6.45) is 12.1. The molecule has 4 rings (SSSR count). The molecule has 2 fully saturated rings. The summed E-state index contributed by atoms with van der Waals surface area (Å²) in [6, 6.07) is 1.23. The van der Waals surface area contributed by atoms with E-state index in [1.54, 1.807) is 7.11 Å². The average molecular weight is 388 g/mol. The minimum Gasteiger partial charge on any atom is -0.385 e. The highest BCUT2D eigenvalue weighted by molar-refractivity contribution is 5.84. The highest BCUT2D eigenvalue weighted by Gasteiger charge is 2.23. The molecule has 8 heteroatoms. The molecule has 0 saturated heterocycles. The number of fused-ring (bicyclic) bond motifs is 1. The fourth-order valence-corrected chi connectivity index (χ4v) is 4.42. The molecule has 2 aromatic rings. The van der Waals surface area contributed by atoms with Crippen LogP contribution in [0.5, 0.6) is 0 Å². The second kappa shape index (κ2) is 9.05. The van der Waals surface area contributed by atoms with Crippen LogP contribution in [0.2, 0.25) is 0 Å². The van der Waals surface area contributed by atoms with Gasteiger partial charge in [-0.05, 0) is 44.9 Å². The lowest BCUT2D eigenvalue weighted by atomic mass is 9.92. The van der Waals surface area contributed by atoms with Crippen molar-refractivity contribution in [2.45, 2.75) is 75.9 Å². The molecule has 0 atom stereocenters. The fraction of sp³-hybridized carbons (Fsp3) is 0.750. The van der Waals surface area contributed by atoms with Crippen molar-refractivity contribution in [3.05, 3.63) is 6.33 Å². The maximum Gasteiger partial charge on any atom is 0.227 e. The first-order valence-corrected chi connectivity index (χ1v) is 10.7. The van der Waals surface area contributed by atoms with E-state index in [-0.39, 0.29) is 0 Å². The van der Waals surface area contributed by atoms with E-state index in [1.165, 1.54) is 25.7 Å². The van der Waals surface area contributed by atoms with Crippen molar-refractivity contribution >= 4 is 22.9 Å². The first kappa shape index (κ1) is 19.4.